The maximum Gasteiger partial charge on any atom is 0.274 e. The van der Waals surface area contributed by atoms with E-state index in [1.54, 1.807) is 13.2 Å². The number of aromatic nitrogens is 2. The van der Waals surface area contributed by atoms with E-state index in [4.69, 9.17) is 5.73 Å². The number of hydrogen-bond acceptors (Lipinski definition) is 4. The third-order valence-corrected chi connectivity index (χ3v) is 3.31. The van der Waals surface area contributed by atoms with E-state index >= 15 is 0 Å². The van der Waals surface area contributed by atoms with Crippen LogP contribution in [0.1, 0.15) is 36.2 Å². The average molecular weight is 238 g/mol. The summed E-state index contributed by atoms with van der Waals surface area (Å²) in [5, 5.41) is 16.3. The van der Waals surface area contributed by atoms with Gasteiger partial charge < -0.3 is 16.2 Å². The molecule has 94 valence electrons. The van der Waals surface area contributed by atoms with Gasteiger partial charge in [0.1, 0.15) is 0 Å². The number of nitrogens with one attached hydrogen (secondary N) is 1. The van der Waals surface area contributed by atoms with Crippen LogP contribution in [0.3, 0.4) is 0 Å². The first-order chi connectivity index (χ1) is 8.06. The van der Waals surface area contributed by atoms with E-state index in [2.05, 4.69) is 10.4 Å². The van der Waals surface area contributed by atoms with Gasteiger partial charge in [-0.2, -0.15) is 5.10 Å². The number of aliphatic hydroxyl groups is 1. The fourth-order valence-electron chi connectivity index (χ4n) is 2.36. The molecule has 2 rings (SSSR count). The highest BCUT2D eigenvalue weighted by atomic mass is 16.3. The third kappa shape index (κ3) is 2.26. The van der Waals surface area contributed by atoms with E-state index in [1.165, 1.54) is 4.68 Å². The highest BCUT2D eigenvalue weighted by molar-refractivity contribution is 5.97. The number of aryl methyl sites for hydroxylation is 1. The fourth-order valence-corrected chi connectivity index (χ4v) is 2.36. The predicted octanol–water partition coefficient (Wildman–Crippen LogP) is 0.0372. The van der Waals surface area contributed by atoms with E-state index in [0.717, 1.165) is 25.7 Å². The number of aliphatic hydroxyl groups excluding tert-OH is 1. The summed E-state index contributed by atoms with van der Waals surface area (Å²) in [5.41, 5.74) is 5.80. The number of nitrogens with zero attached hydrogens (tertiary/aromatic N) is 2. The van der Waals surface area contributed by atoms with E-state index < -0.39 is 5.54 Å². The van der Waals surface area contributed by atoms with Crippen LogP contribution in [0.2, 0.25) is 0 Å². The highest BCUT2D eigenvalue weighted by Crippen LogP contribution is 2.29. The highest BCUT2D eigenvalue weighted by Gasteiger charge is 2.35. The van der Waals surface area contributed by atoms with Crippen molar-refractivity contribution in [1.29, 1.82) is 0 Å². The molecule has 1 aliphatic rings. The number of rotatable bonds is 3. The maximum absolute atomic E-state index is 12.0. The Morgan fingerprint density at radius 3 is 2.76 bits per heavy atom. The minimum absolute atomic E-state index is 0.0362. The monoisotopic (exact) mass is 238 g/mol. The van der Waals surface area contributed by atoms with E-state index in [9.17, 15) is 9.90 Å². The molecule has 0 atom stereocenters. The number of carbonyl (C=O) groups is 1. The van der Waals surface area contributed by atoms with Crippen molar-refractivity contribution < 1.29 is 9.90 Å². The molecule has 1 fully saturated rings. The summed E-state index contributed by atoms with van der Waals surface area (Å²) in [5.74, 6) is -0.306. The van der Waals surface area contributed by atoms with Crippen molar-refractivity contribution in [1.82, 2.24) is 15.1 Å². The van der Waals surface area contributed by atoms with Crippen LogP contribution in [-0.4, -0.2) is 32.9 Å². The summed E-state index contributed by atoms with van der Waals surface area (Å²) in [6, 6.07) is 0. The van der Waals surface area contributed by atoms with Crippen LogP contribution in [0.4, 0.5) is 5.69 Å². The van der Waals surface area contributed by atoms with E-state index in [1.807, 2.05) is 0 Å². The number of anilines is 1. The lowest BCUT2D eigenvalue weighted by atomic mass is 9.98. The molecule has 6 nitrogen and oxygen atoms in total. The Morgan fingerprint density at radius 2 is 2.29 bits per heavy atom. The molecule has 0 spiro atoms. The molecule has 0 aliphatic heterocycles. The third-order valence-electron chi connectivity index (χ3n) is 3.31. The van der Waals surface area contributed by atoms with Gasteiger partial charge in [-0.25, -0.2) is 0 Å². The van der Waals surface area contributed by atoms with Gasteiger partial charge in [0.15, 0.2) is 5.69 Å². The Labute approximate surface area is 99.8 Å². The van der Waals surface area contributed by atoms with Crippen LogP contribution < -0.4 is 11.1 Å². The number of amides is 1. The topological polar surface area (TPSA) is 93.2 Å². The Balaban J connectivity index is 2.13. The second-order valence-electron chi connectivity index (χ2n) is 4.71. The van der Waals surface area contributed by atoms with E-state index in [-0.39, 0.29) is 18.2 Å². The second kappa shape index (κ2) is 4.37. The number of carbonyl (C=O) groups excluding carboxylic acids is 1. The van der Waals surface area contributed by atoms with Gasteiger partial charge >= 0.3 is 0 Å². The molecule has 1 aromatic rings. The molecule has 0 saturated heterocycles. The molecule has 1 amide bonds. The van der Waals surface area contributed by atoms with Crippen LogP contribution >= 0.6 is 0 Å². The summed E-state index contributed by atoms with van der Waals surface area (Å²) < 4.78 is 1.50. The lowest BCUT2D eigenvalue weighted by Crippen LogP contribution is -2.49. The molecule has 1 aliphatic carbocycles. The van der Waals surface area contributed by atoms with Crippen molar-refractivity contribution in [3.8, 4) is 0 Å². The van der Waals surface area contributed by atoms with Gasteiger partial charge in [0.2, 0.25) is 0 Å². The average Bonchev–Trinajstić information content (AvgIpc) is 2.86. The summed E-state index contributed by atoms with van der Waals surface area (Å²) >= 11 is 0. The minimum Gasteiger partial charge on any atom is -0.396 e. The van der Waals surface area contributed by atoms with Gasteiger partial charge in [-0.15, -0.1) is 0 Å². The number of hydrogen-bond donors (Lipinski definition) is 3. The van der Waals surface area contributed by atoms with Gasteiger partial charge in [0.05, 0.1) is 17.8 Å². The molecule has 1 saturated carbocycles. The molecular weight excluding hydrogens is 220 g/mol. The van der Waals surface area contributed by atoms with Crippen molar-refractivity contribution >= 4 is 11.6 Å². The zero-order valence-electron chi connectivity index (χ0n) is 9.94. The molecule has 0 bridgehead atoms. The standard InChI is InChI=1S/C11H18N4O2/c1-15-6-8(12)9(14-15)10(17)13-11(7-16)4-2-3-5-11/h6,16H,2-5,7,12H2,1H3,(H,13,17). The van der Waals surface area contributed by atoms with Crippen LogP contribution in [0, 0.1) is 0 Å². The van der Waals surface area contributed by atoms with Crippen LogP contribution in [0.15, 0.2) is 6.20 Å². The largest absolute Gasteiger partial charge is 0.396 e. The molecule has 1 aromatic heterocycles. The Hall–Kier alpha value is -1.56. The Bertz CT molecular complexity index is 421. The first-order valence-corrected chi connectivity index (χ1v) is 5.79. The summed E-state index contributed by atoms with van der Waals surface area (Å²) in [4.78, 5) is 12.0. The van der Waals surface area contributed by atoms with Gasteiger partial charge in [-0.3, -0.25) is 9.48 Å². The van der Waals surface area contributed by atoms with Crippen LogP contribution in [0.25, 0.3) is 0 Å². The van der Waals surface area contributed by atoms with Gasteiger partial charge in [0, 0.05) is 13.2 Å². The first kappa shape index (κ1) is 11.9. The molecule has 6 heteroatoms. The summed E-state index contributed by atoms with van der Waals surface area (Å²) in [6.07, 6.45) is 5.26. The van der Waals surface area contributed by atoms with Crippen molar-refractivity contribution in [2.24, 2.45) is 7.05 Å². The van der Waals surface area contributed by atoms with Crippen molar-refractivity contribution in [3.05, 3.63) is 11.9 Å². The first-order valence-electron chi connectivity index (χ1n) is 5.79. The molecular formula is C11H18N4O2. The molecule has 4 N–H and O–H groups in total. The zero-order chi connectivity index (χ0) is 12.5. The van der Waals surface area contributed by atoms with Gasteiger partial charge in [0.25, 0.3) is 5.91 Å². The smallest absolute Gasteiger partial charge is 0.274 e. The minimum atomic E-state index is -0.485. The zero-order valence-corrected chi connectivity index (χ0v) is 9.94. The molecule has 17 heavy (non-hydrogen) atoms. The van der Waals surface area contributed by atoms with Crippen LogP contribution in [0.5, 0.6) is 0 Å². The number of nitrogen functional groups attached to an aromatic ring is 1. The lowest BCUT2D eigenvalue weighted by molar-refractivity contribution is 0.0833. The second-order valence-corrected chi connectivity index (χ2v) is 4.71. The van der Waals surface area contributed by atoms with Gasteiger partial charge in [-0.05, 0) is 12.8 Å². The Morgan fingerprint density at radius 1 is 1.65 bits per heavy atom. The summed E-state index contributed by atoms with van der Waals surface area (Å²) in [7, 11) is 1.71. The lowest BCUT2D eigenvalue weighted by Gasteiger charge is -2.27. The Kier molecular flexibility index (Phi) is 3.06. The molecule has 0 aromatic carbocycles. The van der Waals surface area contributed by atoms with Gasteiger partial charge in [-0.1, -0.05) is 12.8 Å². The summed E-state index contributed by atoms with van der Waals surface area (Å²) in [6.45, 7) is -0.0362. The molecule has 0 unspecified atom stereocenters. The maximum atomic E-state index is 12.0. The fraction of sp³-hybridized carbons (Fsp3) is 0.636. The van der Waals surface area contributed by atoms with E-state index in [0.29, 0.717) is 5.69 Å². The van der Waals surface area contributed by atoms with Crippen molar-refractivity contribution in [3.63, 3.8) is 0 Å². The molecule has 0 radical (unpaired) electrons. The van der Waals surface area contributed by atoms with Crippen molar-refractivity contribution in [2.45, 2.75) is 31.2 Å². The predicted molar refractivity (Wildman–Crippen MR) is 63.4 cm³/mol. The SMILES string of the molecule is Cn1cc(N)c(C(=O)NC2(CO)CCCC2)n1. The quantitative estimate of drug-likeness (QED) is 0.693. The van der Waals surface area contributed by atoms with Crippen LogP contribution in [-0.2, 0) is 7.05 Å². The molecule has 1 heterocycles. The number of nitrogens with two attached hydrogens (primary N) is 1. The van der Waals surface area contributed by atoms with Crippen molar-refractivity contribution in [2.75, 3.05) is 12.3 Å². The normalized spacial score (nSPS) is 18.2.